The van der Waals surface area contributed by atoms with E-state index >= 15 is 0 Å². The molecule has 0 bridgehead atoms. The van der Waals surface area contributed by atoms with Crippen molar-refractivity contribution < 1.29 is 0 Å². The van der Waals surface area contributed by atoms with Crippen molar-refractivity contribution in [3.8, 4) is 0 Å². The first-order chi connectivity index (χ1) is 15.2. The van der Waals surface area contributed by atoms with Crippen LogP contribution in [-0.4, -0.2) is 84.7 Å². The van der Waals surface area contributed by atoms with Gasteiger partial charge in [-0.25, -0.2) is 4.98 Å². The minimum Gasteiger partial charge on any atom is -0.369 e. The number of nitrogens with zero attached hydrogens (tertiary/aromatic N) is 6. The zero-order valence-electron chi connectivity index (χ0n) is 19.4. The number of piperazine rings is 1. The Morgan fingerprint density at radius 2 is 1.91 bits per heavy atom. The van der Waals surface area contributed by atoms with E-state index in [2.05, 4.69) is 78.0 Å². The number of rotatable bonds is 6. The minimum absolute atomic E-state index is 0. The molecule has 0 radical (unpaired) electrons. The number of guanidine groups is 1. The zero-order valence-corrected chi connectivity index (χ0v) is 21.8. The van der Waals surface area contributed by atoms with Crippen LogP contribution in [0.4, 0.5) is 5.69 Å². The lowest BCUT2D eigenvalue weighted by Gasteiger charge is -2.39. The second-order valence-corrected chi connectivity index (χ2v) is 8.78. The Morgan fingerprint density at radius 1 is 1.12 bits per heavy atom. The number of likely N-dealkylation sites (tertiary alicyclic amines) is 1. The average Bonchev–Trinajstić information content (AvgIpc) is 3.35. The molecular formula is C24H38IN7. The molecule has 8 heteroatoms. The zero-order chi connectivity index (χ0) is 21.5. The van der Waals surface area contributed by atoms with Crippen molar-refractivity contribution in [2.45, 2.75) is 25.8 Å². The largest absolute Gasteiger partial charge is 0.369 e. The summed E-state index contributed by atoms with van der Waals surface area (Å²) in [5.74, 6) is 1.68. The summed E-state index contributed by atoms with van der Waals surface area (Å²) in [5.41, 5.74) is 1.34. The van der Waals surface area contributed by atoms with Crippen molar-refractivity contribution in [1.29, 1.82) is 0 Å². The van der Waals surface area contributed by atoms with Gasteiger partial charge in [0.1, 0.15) is 0 Å². The smallest absolute Gasteiger partial charge is 0.193 e. The Bertz CT molecular complexity index is 803. The molecule has 1 N–H and O–H groups in total. The molecule has 1 aromatic carbocycles. The number of piperidine rings is 1. The van der Waals surface area contributed by atoms with Gasteiger partial charge in [0.2, 0.25) is 0 Å². The summed E-state index contributed by atoms with van der Waals surface area (Å²) < 4.78 is 2.25. The second kappa shape index (κ2) is 12.4. The fraction of sp³-hybridized carbons (Fsp3) is 0.583. The maximum Gasteiger partial charge on any atom is 0.193 e. The van der Waals surface area contributed by atoms with Gasteiger partial charge in [0, 0.05) is 70.9 Å². The van der Waals surface area contributed by atoms with Gasteiger partial charge in [0.25, 0.3) is 0 Å². The first kappa shape index (κ1) is 24.8. The Balaban J connectivity index is 0.00000289. The summed E-state index contributed by atoms with van der Waals surface area (Å²) in [6.45, 7) is 11.0. The highest BCUT2D eigenvalue weighted by molar-refractivity contribution is 14.0. The maximum atomic E-state index is 4.57. The summed E-state index contributed by atoms with van der Waals surface area (Å²) in [7, 11) is 1.90. The Morgan fingerprint density at radius 3 is 2.59 bits per heavy atom. The molecule has 176 valence electrons. The normalized spacial score (nSPS) is 22.5. The van der Waals surface area contributed by atoms with E-state index in [4.69, 9.17) is 0 Å². The van der Waals surface area contributed by atoms with E-state index in [0.29, 0.717) is 12.0 Å². The molecule has 1 aromatic heterocycles. The summed E-state index contributed by atoms with van der Waals surface area (Å²) in [6, 6.07) is 11.2. The summed E-state index contributed by atoms with van der Waals surface area (Å²) in [6.07, 6.45) is 8.21. The van der Waals surface area contributed by atoms with E-state index in [9.17, 15) is 0 Å². The number of nitrogens with one attached hydrogen (secondary N) is 1. The van der Waals surface area contributed by atoms with Crippen molar-refractivity contribution in [2.24, 2.45) is 10.9 Å². The first-order valence-corrected chi connectivity index (χ1v) is 11.7. The van der Waals surface area contributed by atoms with Crippen LogP contribution in [0.3, 0.4) is 0 Å². The van der Waals surface area contributed by atoms with Crippen LogP contribution in [0, 0.1) is 5.92 Å². The molecular weight excluding hydrogens is 513 g/mol. The van der Waals surface area contributed by atoms with Crippen LogP contribution >= 0.6 is 24.0 Å². The number of halogens is 1. The predicted molar refractivity (Wildman–Crippen MR) is 143 cm³/mol. The molecule has 32 heavy (non-hydrogen) atoms. The predicted octanol–water partition coefficient (Wildman–Crippen LogP) is 3.17. The van der Waals surface area contributed by atoms with Crippen LogP contribution in [0.15, 0.2) is 54.0 Å². The molecule has 0 saturated carbocycles. The molecule has 2 unspecified atom stereocenters. The fourth-order valence-electron chi connectivity index (χ4n) is 4.80. The molecule has 2 fully saturated rings. The lowest BCUT2D eigenvalue weighted by Crippen LogP contribution is -2.50. The van der Waals surface area contributed by atoms with Crippen LogP contribution < -0.4 is 10.2 Å². The summed E-state index contributed by atoms with van der Waals surface area (Å²) in [4.78, 5) is 16.3. The van der Waals surface area contributed by atoms with E-state index in [1.165, 1.54) is 12.1 Å². The number of hydrogen-bond acceptors (Lipinski definition) is 4. The van der Waals surface area contributed by atoms with Crippen LogP contribution in [0.5, 0.6) is 0 Å². The van der Waals surface area contributed by atoms with Gasteiger partial charge in [0.15, 0.2) is 5.96 Å². The van der Waals surface area contributed by atoms with Gasteiger partial charge < -0.3 is 19.7 Å². The Hall–Kier alpha value is -1.81. The van der Waals surface area contributed by atoms with Gasteiger partial charge in [-0.05, 0) is 37.4 Å². The number of hydrogen-bond donors (Lipinski definition) is 1. The first-order valence-electron chi connectivity index (χ1n) is 11.7. The molecule has 7 nitrogen and oxygen atoms in total. The summed E-state index contributed by atoms with van der Waals surface area (Å²) in [5, 5.41) is 3.61. The van der Waals surface area contributed by atoms with Crippen LogP contribution in [-0.2, 0) is 0 Å². The second-order valence-electron chi connectivity index (χ2n) is 8.78. The standard InChI is InChI=1S/C24H37N7.HI/c1-21-9-13-30(19-23(21)31-14-11-26-20-31)24(25-2)27-10-6-12-28-15-17-29(18-16-28)22-7-4-3-5-8-22;/h3-5,7-8,11,14,20-21,23H,6,9-10,12-13,15-19H2,1-2H3,(H,25,27);1H. The highest BCUT2D eigenvalue weighted by Crippen LogP contribution is 2.27. The van der Waals surface area contributed by atoms with Gasteiger partial charge in [-0.15, -0.1) is 24.0 Å². The van der Waals surface area contributed by atoms with Gasteiger partial charge in [-0.3, -0.25) is 9.89 Å². The maximum absolute atomic E-state index is 4.57. The lowest BCUT2D eigenvalue weighted by molar-refractivity contribution is 0.188. The molecule has 0 spiro atoms. The van der Waals surface area contributed by atoms with E-state index in [0.717, 1.165) is 64.7 Å². The van der Waals surface area contributed by atoms with Crippen LogP contribution in [0.2, 0.25) is 0 Å². The highest BCUT2D eigenvalue weighted by Gasteiger charge is 2.28. The van der Waals surface area contributed by atoms with Crippen molar-refractivity contribution in [2.75, 3.05) is 64.3 Å². The number of anilines is 1. The molecule has 2 aromatic rings. The molecule has 0 aliphatic carbocycles. The third kappa shape index (κ3) is 6.37. The topological polar surface area (TPSA) is 51.9 Å². The van der Waals surface area contributed by atoms with Crippen molar-refractivity contribution in [3.63, 3.8) is 0 Å². The Labute approximate surface area is 209 Å². The van der Waals surface area contributed by atoms with E-state index in [-0.39, 0.29) is 24.0 Å². The Kier molecular flexibility index (Phi) is 9.65. The number of para-hydroxylation sites is 1. The van der Waals surface area contributed by atoms with E-state index in [1.807, 2.05) is 19.6 Å². The molecule has 2 saturated heterocycles. The van der Waals surface area contributed by atoms with E-state index < -0.39 is 0 Å². The number of imidazole rings is 1. The lowest BCUT2D eigenvalue weighted by atomic mass is 9.93. The minimum atomic E-state index is 0. The van der Waals surface area contributed by atoms with Crippen molar-refractivity contribution in [3.05, 3.63) is 49.1 Å². The van der Waals surface area contributed by atoms with Crippen LogP contribution in [0.25, 0.3) is 0 Å². The molecule has 4 rings (SSSR count). The van der Waals surface area contributed by atoms with Crippen molar-refractivity contribution >= 4 is 35.6 Å². The quantitative estimate of drug-likeness (QED) is 0.259. The third-order valence-electron chi connectivity index (χ3n) is 6.77. The van der Waals surface area contributed by atoms with Crippen LogP contribution in [0.1, 0.15) is 25.8 Å². The van der Waals surface area contributed by atoms with E-state index in [1.54, 1.807) is 0 Å². The number of aromatic nitrogens is 2. The highest BCUT2D eigenvalue weighted by atomic mass is 127. The fourth-order valence-corrected chi connectivity index (χ4v) is 4.80. The number of aliphatic imine (C=N–C) groups is 1. The van der Waals surface area contributed by atoms with Gasteiger partial charge >= 0.3 is 0 Å². The monoisotopic (exact) mass is 551 g/mol. The molecule has 0 amide bonds. The summed E-state index contributed by atoms with van der Waals surface area (Å²) >= 11 is 0. The van der Waals surface area contributed by atoms with Crippen molar-refractivity contribution in [1.82, 2.24) is 24.7 Å². The van der Waals surface area contributed by atoms with Gasteiger partial charge in [-0.2, -0.15) is 0 Å². The molecule has 3 heterocycles. The SMILES string of the molecule is CN=C(NCCCN1CCN(c2ccccc2)CC1)N1CCC(C)C(n2ccnc2)C1.I. The van der Waals surface area contributed by atoms with Gasteiger partial charge in [0.05, 0.1) is 12.4 Å². The van der Waals surface area contributed by atoms with Gasteiger partial charge in [-0.1, -0.05) is 25.1 Å². The average molecular weight is 552 g/mol. The third-order valence-corrected chi connectivity index (χ3v) is 6.77. The number of benzene rings is 1. The molecule has 2 atom stereocenters. The molecule has 2 aliphatic rings. The molecule has 2 aliphatic heterocycles.